The molecule has 1 aliphatic rings. The Morgan fingerprint density at radius 1 is 1.62 bits per heavy atom. The third-order valence-electron chi connectivity index (χ3n) is 2.25. The van der Waals surface area contributed by atoms with Gasteiger partial charge in [-0.3, -0.25) is 4.79 Å². The normalized spacial score (nSPS) is 23.0. The molecule has 1 saturated carbocycles. The topological polar surface area (TPSA) is 29.1 Å². The number of carbonyl (C=O) groups excluding carboxylic acids is 1. The van der Waals surface area contributed by atoms with E-state index in [2.05, 4.69) is 11.9 Å². The smallest absolute Gasteiger partial charge is 0.249 e. The molecule has 0 saturated heterocycles. The van der Waals surface area contributed by atoms with Gasteiger partial charge in [-0.25, -0.2) is 8.78 Å². The Bertz CT molecular complexity index is 230. The number of hydrogen-bond donors (Lipinski definition) is 1. The van der Waals surface area contributed by atoms with E-state index in [0.29, 0.717) is 6.54 Å². The van der Waals surface area contributed by atoms with Crippen LogP contribution < -0.4 is 5.32 Å². The summed E-state index contributed by atoms with van der Waals surface area (Å²) in [6.07, 6.45) is 0.856. The summed E-state index contributed by atoms with van der Waals surface area (Å²) >= 11 is 0. The fourth-order valence-corrected chi connectivity index (χ4v) is 1.69. The van der Waals surface area contributed by atoms with E-state index >= 15 is 0 Å². The van der Waals surface area contributed by atoms with Gasteiger partial charge < -0.3 is 5.32 Å². The molecule has 0 bridgehead atoms. The predicted octanol–water partition coefficient (Wildman–Crippen LogP) is 1.72. The summed E-state index contributed by atoms with van der Waals surface area (Å²) < 4.78 is 25.0. The molecule has 0 spiro atoms. The third-order valence-corrected chi connectivity index (χ3v) is 2.25. The van der Waals surface area contributed by atoms with Gasteiger partial charge in [-0.2, -0.15) is 0 Å². The molecule has 1 N–H and O–H groups in total. The van der Waals surface area contributed by atoms with Gasteiger partial charge in [0.05, 0.1) is 0 Å². The fourth-order valence-electron chi connectivity index (χ4n) is 1.69. The van der Waals surface area contributed by atoms with Gasteiger partial charge >= 0.3 is 0 Å². The quantitative estimate of drug-likeness (QED) is 0.673. The van der Waals surface area contributed by atoms with E-state index in [1.807, 2.05) is 0 Å². The summed E-state index contributed by atoms with van der Waals surface area (Å²) in [4.78, 5) is 10.7. The Hall–Kier alpha value is -0.930. The van der Waals surface area contributed by atoms with Gasteiger partial charge in [0, 0.05) is 19.4 Å². The molecule has 1 rings (SSSR count). The van der Waals surface area contributed by atoms with Crippen molar-refractivity contribution >= 4 is 5.91 Å². The first-order valence-electron chi connectivity index (χ1n) is 4.15. The Morgan fingerprint density at radius 3 is 2.54 bits per heavy atom. The SMILES string of the molecule is C=CC(=O)NCC1(C)CC(F)(F)C1. The Kier molecular flexibility index (Phi) is 2.41. The molecule has 0 atom stereocenters. The average molecular weight is 189 g/mol. The number of carbonyl (C=O) groups is 1. The Labute approximate surface area is 76.0 Å². The van der Waals surface area contributed by atoms with Crippen molar-refractivity contribution in [2.45, 2.75) is 25.7 Å². The molecule has 0 heterocycles. The van der Waals surface area contributed by atoms with Crippen molar-refractivity contribution in [2.24, 2.45) is 5.41 Å². The molecule has 4 heteroatoms. The first-order valence-corrected chi connectivity index (χ1v) is 4.15. The number of halogens is 2. The second-order valence-electron chi connectivity index (χ2n) is 3.94. The number of alkyl halides is 2. The second kappa shape index (κ2) is 3.09. The number of rotatable bonds is 3. The van der Waals surface area contributed by atoms with E-state index in [1.165, 1.54) is 0 Å². The highest BCUT2D eigenvalue weighted by atomic mass is 19.3. The molecular formula is C9H13F2NO. The maximum Gasteiger partial charge on any atom is 0.249 e. The van der Waals surface area contributed by atoms with Crippen LogP contribution in [0.15, 0.2) is 12.7 Å². The molecule has 74 valence electrons. The average Bonchev–Trinajstić information content (AvgIpc) is 1.96. The van der Waals surface area contributed by atoms with Crippen LogP contribution in [-0.2, 0) is 4.79 Å². The second-order valence-corrected chi connectivity index (χ2v) is 3.94. The van der Waals surface area contributed by atoms with Crippen LogP contribution in [0, 0.1) is 5.41 Å². The zero-order chi connectivity index (χ0) is 10.1. The van der Waals surface area contributed by atoms with Gasteiger partial charge in [0.1, 0.15) is 0 Å². The lowest BCUT2D eigenvalue weighted by molar-refractivity contribution is -0.154. The molecule has 13 heavy (non-hydrogen) atoms. The molecule has 0 radical (unpaired) electrons. The first kappa shape index (κ1) is 10.2. The zero-order valence-electron chi connectivity index (χ0n) is 7.57. The minimum Gasteiger partial charge on any atom is -0.352 e. The lowest BCUT2D eigenvalue weighted by atomic mass is 9.67. The standard InChI is InChI=1S/C9H13F2NO/c1-3-7(13)12-6-8(2)4-9(10,11)5-8/h3H,1,4-6H2,2H3,(H,12,13). The van der Waals surface area contributed by atoms with E-state index < -0.39 is 11.3 Å². The first-order chi connectivity index (χ1) is 5.87. The minimum absolute atomic E-state index is 0.141. The lowest BCUT2D eigenvalue weighted by Crippen LogP contribution is -2.50. The van der Waals surface area contributed by atoms with Crippen LogP contribution in [0.1, 0.15) is 19.8 Å². The molecule has 1 aliphatic carbocycles. The third kappa shape index (κ3) is 2.50. The monoisotopic (exact) mass is 189 g/mol. The summed E-state index contributed by atoms with van der Waals surface area (Å²) in [5, 5.41) is 2.52. The molecular weight excluding hydrogens is 176 g/mol. The van der Waals surface area contributed by atoms with Gasteiger partial charge in [-0.15, -0.1) is 0 Å². The van der Waals surface area contributed by atoms with Crippen molar-refractivity contribution < 1.29 is 13.6 Å². The van der Waals surface area contributed by atoms with Crippen LogP contribution in [0.2, 0.25) is 0 Å². The van der Waals surface area contributed by atoms with Crippen molar-refractivity contribution in [3.8, 4) is 0 Å². The molecule has 0 aliphatic heterocycles. The van der Waals surface area contributed by atoms with Crippen molar-refractivity contribution in [3.05, 3.63) is 12.7 Å². The van der Waals surface area contributed by atoms with Crippen LogP contribution in [0.5, 0.6) is 0 Å². The van der Waals surface area contributed by atoms with Gasteiger partial charge in [-0.05, 0) is 11.5 Å². The molecule has 0 aromatic heterocycles. The number of hydrogen-bond acceptors (Lipinski definition) is 1. The minimum atomic E-state index is -2.53. The lowest BCUT2D eigenvalue weighted by Gasteiger charge is -2.44. The maximum absolute atomic E-state index is 12.5. The Morgan fingerprint density at radius 2 is 2.15 bits per heavy atom. The highest BCUT2D eigenvalue weighted by Crippen LogP contribution is 2.51. The molecule has 1 amide bonds. The van der Waals surface area contributed by atoms with E-state index in [0.717, 1.165) is 6.08 Å². The van der Waals surface area contributed by atoms with Gasteiger partial charge in [0.25, 0.3) is 0 Å². The highest BCUT2D eigenvalue weighted by molar-refractivity contribution is 5.86. The van der Waals surface area contributed by atoms with E-state index in [-0.39, 0.29) is 18.7 Å². The summed E-state index contributed by atoms with van der Waals surface area (Å²) in [6, 6.07) is 0. The van der Waals surface area contributed by atoms with Crippen LogP contribution in [0.3, 0.4) is 0 Å². The summed E-state index contributed by atoms with van der Waals surface area (Å²) in [7, 11) is 0. The van der Waals surface area contributed by atoms with Crippen molar-refractivity contribution in [2.75, 3.05) is 6.54 Å². The molecule has 0 unspecified atom stereocenters. The Balaban J connectivity index is 2.31. The number of nitrogens with one attached hydrogen (secondary N) is 1. The van der Waals surface area contributed by atoms with Crippen LogP contribution in [0.4, 0.5) is 8.78 Å². The van der Waals surface area contributed by atoms with Crippen molar-refractivity contribution in [1.29, 1.82) is 0 Å². The molecule has 1 fully saturated rings. The van der Waals surface area contributed by atoms with E-state index in [1.54, 1.807) is 6.92 Å². The van der Waals surface area contributed by atoms with Gasteiger partial charge in [-0.1, -0.05) is 13.5 Å². The zero-order valence-corrected chi connectivity index (χ0v) is 7.57. The fraction of sp³-hybridized carbons (Fsp3) is 0.667. The molecule has 0 aromatic rings. The van der Waals surface area contributed by atoms with Crippen LogP contribution in [-0.4, -0.2) is 18.4 Å². The highest BCUT2D eigenvalue weighted by Gasteiger charge is 2.53. The van der Waals surface area contributed by atoms with Crippen molar-refractivity contribution in [1.82, 2.24) is 5.32 Å². The molecule has 2 nitrogen and oxygen atoms in total. The largest absolute Gasteiger partial charge is 0.352 e. The summed E-state index contributed by atoms with van der Waals surface area (Å²) in [5.74, 6) is -2.84. The van der Waals surface area contributed by atoms with Crippen LogP contribution in [0.25, 0.3) is 0 Å². The van der Waals surface area contributed by atoms with Gasteiger partial charge in [0.15, 0.2) is 0 Å². The van der Waals surface area contributed by atoms with Crippen LogP contribution >= 0.6 is 0 Å². The van der Waals surface area contributed by atoms with E-state index in [4.69, 9.17) is 0 Å². The summed E-state index contributed by atoms with van der Waals surface area (Å²) in [6.45, 7) is 5.32. The molecule has 0 aromatic carbocycles. The maximum atomic E-state index is 12.5. The van der Waals surface area contributed by atoms with Gasteiger partial charge in [0.2, 0.25) is 11.8 Å². The van der Waals surface area contributed by atoms with Crippen molar-refractivity contribution in [3.63, 3.8) is 0 Å². The predicted molar refractivity (Wildman–Crippen MR) is 45.5 cm³/mol. The number of amides is 1. The van der Waals surface area contributed by atoms with E-state index in [9.17, 15) is 13.6 Å². The summed E-state index contributed by atoms with van der Waals surface area (Å²) in [5.41, 5.74) is -0.442.